The highest BCUT2D eigenvalue weighted by Gasteiger charge is 2.73. The zero-order valence-corrected chi connectivity index (χ0v) is 15.3. The van der Waals surface area contributed by atoms with Crippen molar-refractivity contribution in [1.82, 2.24) is 4.90 Å². The summed E-state index contributed by atoms with van der Waals surface area (Å²) in [4.78, 5) is 25.8. The number of carbonyl (C=O) groups is 2. The molecule has 1 saturated heterocycles. The SMILES string of the molecule is CC(C)(C)OC(=O)N1CC2C(C(N)=O)C2(c2ccc(Cl)c(Cl)c2)C1. The van der Waals surface area contributed by atoms with E-state index in [0.29, 0.717) is 23.1 Å². The van der Waals surface area contributed by atoms with E-state index >= 15 is 0 Å². The zero-order valence-electron chi connectivity index (χ0n) is 13.8. The van der Waals surface area contributed by atoms with Crippen LogP contribution >= 0.6 is 23.2 Å². The molecule has 5 nitrogen and oxygen atoms in total. The van der Waals surface area contributed by atoms with Gasteiger partial charge in [0.25, 0.3) is 0 Å². The normalized spacial score (nSPS) is 28.5. The Morgan fingerprint density at radius 2 is 1.96 bits per heavy atom. The summed E-state index contributed by atoms with van der Waals surface area (Å²) in [5, 5.41) is 0.875. The molecule has 1 aromatic carbocycles. The number of hydrogen-bond donors (Lipinski definition) is 1. The van der Waals surface area contributed by atoms with Crippen LogP contribution in [0.3, 0.4) is 0 Å². The lowest BCUT2D eigenvalue weighted by Crippen LogP contribution is -2.40. The number of amides is 2. The molecule has 2 amide bonds. The lowest BCUT2D eigenvalue weighted by Gasteiger charge is -2.27. The summed E-state index contributed by atoms with van der Waals surface area (Å²) in [7, 11) is 0. The molecular formula is C17H20Cl2N2O3. The molecule has 130 valence electrons. The Kier molecular flexibility index (Phi) is 4.00. The van der Waals surface area contributed by atoms with Crippen LogP contribution in [0.15, 0.2) is 18.2 Å². The lowest BCUT2D eigenvalue weighted by molar-refractivity contribution is -0.120. The molecule has 3 rings (SSSR count). The van der Waals surface area contributed by atoms with Crippen molar-refractivity contribution in [2.45, 2.75) is 31.8 Å². The van der Waals surface area contributed by atoms with Gasteiger partial charge in [0.15, 0.2) is 0 Å². The first-order valence-electron chi connectivity index (χ1n) is 7.79. The maximum Gasteiger partial charge on any atom is 0.410 e. The zero-order chi connectivity index (χ0) is 17.9. The minimum absolute atomic E-state index is 0.0141. The number of nitrogens with zero attached hydrogens (tertiary/aromatic N) is 1. The molecule has 24 heavy (non-hydrogen) atoms. The largest absolute Gasteiger partial charge is 0.444 e. The molecule has 2 aliphatic rings. The highest BCUT2D eigenvalue weighted by Crippen LogP contribution is 2.64. The van der Waals surface area contributed by atoms with E-state index in [1.165, 1.54) is 0 Å². The molecule has 0 aromatic heterocycles. The standard InChI is InChI=1S/C17H20Cl2N2O3/c1-16(2,3)24-15(23)21-7-10-13(14(20)22)17(10,8-21)9-4-5-11(18)12(19)6-9/h4-6,10,13H,7-8H2,1-3H3,(H2,20,22). The quantitative estimate of drug-likeness (QED) is 0.868. The van der Waals surface area contributed by atoms with Crippen LogP contribution in [0.5, 0.6) is 0 Å². The van der Waals surface area contributed by atoms with Crippen LogP contribution in [0.1, 0.15) is 26.3 Å². The summed E-state index contributed by atoms with van der Waals surface area (Å²) in [6, 6.07) is 5.32. The van der Waals surface area contributed by atoms with E-state index < -0.39 is 11.0 Å². The Labute approximate surface area is 151 Å². The number of halogens is 2. The summed E-state index contributed by atoms with van der Waals surface area (Å²) in [5.74, 6) is -0.664. The Balaban J connectivity index is 1.88. The number of ether oxygens (including phenoxy) is 1. The molecule has 1 aromatic rings. The number of likely N-dealkylation sites (tertiary alicyclic amines) is 1. The number of piperidine rings is 1. The Hall–Kier alpha value is -1.46. The molecule has 0 radical (unpaired) electrons. The van der Waals surface area contributed by atoms with Gasteiger partial charge in [0.1, 0.15) is 5.60 Å². The Morgan fingerprint density at radius 3 is 2.50 bits per heavy atom. The molecule has 2 N–H and O–H groups in total. The van der Waals surface area contributed by atoms with Crippen molar-refractivity contribution in [3.8, 4) is 0 Å². The van der Waals surface area contributed by atoms with Crippen molar-refractivity contribution < 1.29 is 14.3 Å². The second kappa shape index (κ2) is 5.53. The summed E-state index contributed by atoms with van der Waals surface area (Å²) in [6.45, 7) is 6.30. The Bertz CT molecular complexity index is 716. The van der Waals surface area contributed by atoms with Crippen molar-refractivity contribution in [3.63, 3.8) is 0 Å². The number of hydrogen-bond acceptors (Lipinski definition) is 3. The predicted octanol–water partition coefficient (Wildman–Crippen LogP) is 3.21. The highest BCUT2D eigenvalue weighted by atomic mass is 35.5. The van der Waals surface area contributed by atoms with Gasteiger partial charge in [-0.25, -0.2) is 4.79 Å². The average molecular weight is 371 g/mol. The molecule has 2 fully saturated rings. The van der Waals surface area contributed by atoms with Gasteiger partial charge in [-0.2, -0.15) is 0 Å². The summed E-state index contributed by atoms with van der Waals surface area (Å²) in [6.07, 6.45) is -0.377. The fourth-order valence-corrected chi connectivity index (χ4v) is 4.11. The van der Waals surface area contributed by atoms with E-state index in [1.807, 2.05) is 26.8 Å². The first-order chi connectivity index (χ1) is 11.1. The lowest BCUT2D eigenvalue weighted by atomic mass is 9.92. The van der Waals surface area contributed by atoms with Gasteiger partial charge in [-0.3, -0.25) is 4.79 Å². The monoisotopic (exact) mass is 370 g/mol. The highest BCUT2D eigenvalue weighted by molar-refractivity contribution is 6.42. The molecular weight excluding hydrogens is 351 g/mol. The first kappa shape index (κ1) is 17.4. The van der Waals surface area contributed by atoms with Crippen LogP contribution in [0.2, 0.25) is 10.0 Å². The van der Waals surface area contributed by atoms with Gasteiger partial charge in [-0.1, -0.05) is 29.3 Å². The second-order valence-corrected chi connectivity index (χ2v) is 8.33. The molecule has 1 aliphatic carbocycles. The maximum absolute atomic E-state index is 12.3. The summed E-state index contributed by atoms with van der Waals surface area (Å²) in [5.41, 5.74) is 5.40. The van der Waals surface area contributed by atoms with E-state index in [0.717, 1.165) is 5.56 Å². The number of benzene rings is 1. The van der Waals surface area contributed by atoms with Crippen molar-refractivity contribution >= 4 is 35.2 Å². The minimum Gasteiger partial charge on any atom is -0.444 e. The van der Waals surface area contributed by atoms with Gasteiger partial charge in [0, 0.05) is 24.4 Å². The van der Waals surface area contributed by atoms with Crippen LogP contribution in [0, 0.1) is 11.8 Å². The van der Waals surface area contributed by atoms with Gasteiger partial charge in [-0.05, 0) is 38.5 Å². The van der Waals surface area contributed by atoms with Gasteiger partial charge < -0.3 is 15.4 Å². The van der Waals surface area contributed by atoms with Gasteiger partial charge in [0.05, 0.1) is 16.0 Å². The molecule has 7 heteroatoms. The fourth-order valence-electron chi connectivity index (χ4n) is 3.81. The molecule has 1 aliphatic heterocycles. The predicted molar refractivity (Wildman–Crippen MR) is 92.1 cm³/mol. The fraction of sp³-hybridized carbons (Fsp3) is 0.529. The van der Waals surface area contributed by atoms with Crippen LogP contribution in [0.25, 0.3) is 0 Å². The molecule has 3 atom stereocenters. The minimum atomic E-state index is -0.566. The molecule has 0 spiro atoms. The number of fused-ring (bicyclic) bond motifs is 1. The first-order valence-corrected chi connectivity index (χ1v) is 8.54. The third-order valence-corrected chi connectivity index (χ3v) is 5.53. The van der Waals surface area contributed by atoms with Gasteiger partial charge in [-0.15, -0.1) is 0 Å². The van der Waals surface area contributed by atoms with Crippen molar-refractivity contribution in [1.29, 1.82) is 0 Å². The second-order valence-electron chi connectivity index (χ2n) is 7.52. The molecule has 1 heterocycles. The van der Waals surface area contributed by atoms with Gasteiger partial charge in [0.2, 0.25) is 5.91 Å². The Morgan fingerprint density at radius 1 is 1.29 bits per heavy atom. The summed E-state index contributed by atoms with van der Waals surface area (Å²) < 4.78 is 5.43. The van der Waals surface area contributed by atoms with E-state index in [1.54, 1.807) is 17.0 Å². The van der Waals surface area contributed by atoms with E-state index in [2.05, 4.69) is 0 Å². The molecule has 0 bridgehead atoms. The van der Waals surface area contributed by atoms with Gasteiger partial charge >= 0.3 is 6.09 Å². The third-order valence-electron chi connectivity index (χ3n) is 4.79. The number of carbonyl (C=O) groups excluding carboxylic acids is 2. The van der Waals surface area contributed by atoms with Crippen LogP contribution in [-0.4, -0.2) is 35.6 Å². The van der Waals surface area contributed by atoms with E-state index in [4.69, 9.17) is 33.7 Å². The van der Waals surface area contributed by atoms with Crippen molar-refractivity contribution in [2.75, 3.05) is 13.1 Å². The third kappa shape index (κ3) is 2.74. The van der Waals surface area contributed by atoms with Crippen LogP contribution in [-0.2, 0) is 14.9 Å². The van der Waals surface area contributed by atoms with E-state index in [-0.39, 0.29) is 23.8 Å². The number of nitrogens with two attached hydrogens (primary N) is 1. The number of primary amides is 1. The average Bonchev–Trinajstić information content (AvgIpc) is 2.92. The van der Waals surface area contributed by atoms with Crippen LogP contribution in [0.4, 0.5) is 4.79 Å². The van der Waals surface area contributed by atoms with Crippen molar-refractivity contribution in [2.24, 2.45) is 17.6 Å². The number of rotatable bonds is 2. The van der Waals surface area contributed by atoms with Crippen molar-refractivity contribution in [3.05, 3.63) is 33.8 Å². The van der Waals surface area contributed by atoms with E-state index in [9.17, 15) is 9.59 Å². The smallest absolute Gasteiger partial charge is 0.410 e. The topological polar surface area (TPSA) is 72.6 Å². The molecule has 1 saturated carbocycles. The molecule has 3 unspecified atom stereocenters. The summed E-state index contributed by atoms with van der Waals surface area (Å²) >= 11 is 12.1. The van der Waals surface area contributed by atoms with Crippen LogP contribution < -0.4 is 5.73 Å². The maximum atomic E-state index is 12.3.